The van der Waals surface area contributed by atoms with Gasteiger partial charge in [-0.15, -0.1) is 0 Å². The number of hydrogen-bond acceptors (Lipinski definition) is 2. The molecule has 1 aliphatic rings. The molecule has 0 bridgehead atoms. The Labute approximate surface area is 120 Å². The summed E-state index contributed by atoms with van der Waals surface area (Å²) in [6, 6.07) is 6.72. The Morgan fingerprint density at radius 1 is 1.15 bits per heavy atom. The van der Waals surface area contributed by atoms with Crippen molar-refractivity contribution in [3.8, 4) is 0 Å². The summed E-state index contributed by atoms with van der Waals surface area (Å²) in [5, 5.41) is 0. The van der Waals surface area contributed by atoms with Crippen molar-refractivity contribution >= 4 is 5.69 Å². The van der Waals surface area contributed by atoms with Gasteiger partial charge in [-0.3, -0.25) is 4.90 Å². The molecule has 0 unspecified atom stereocenters. The normalized spacial score (nSPS) is 17.0. The van der Waals surface area contributed by atoms with Crippen LogP contribution in [0.4, 0.5) is 10.1 Å². The lowest BCUT2D eigenvalue weighted by atomic mass is 9.97. The first-order valence-electron chi connectivity index (χ1n) is 7.12. The molecule has 1 fully saturated rings. The fraction of sp³-hybridized carbons (Fsp3) is 0.562. The highest BCUT2D eigenvalue weighted by atomic mass is 19.1. The number of anilines is 1. The maximum absolute atomic E-state index is 12.9. The zero-order chi connectivity index (χ0) is 14.6. The topological polar surface area (TPSA) is 10.8 Å². The first-order chi connectivity index (χ1) is 9.53. The van der Waals surface area contributed by atoms with Gasteiger partial charge in [0, 0.05) is 43.8 Å². The van der Waals surface area contributed by atoms with Gasteiger partial charge in [0.05, 0.1) is 0 Å². The van der Waals surface area contributed by atoms with E-state index in [9.17, 15) is 4.39 Å². The van der Waals surface area contributed by atoms with E-state index in [4.69, 9.17) is 6.57 Å². The minimum atomic E-state index is -0.187. The van der Waals surface area contributed by atoms with E-state index >= 15 is 0 Å². The minimum absolute atomic E-state index is 0.0828. The summed E-state index contributed by atoms with van der Waals surface area (Å²) in [4.78, 5) is 8.21. The lowest BCUT2D eigenvalue weighted by Gasteiger charge is -2.44. The van der Waals surface area contributed by atoms with Crippen molar-refractivity contribution in [1.82, 2.24) is 4.90 Å². The molecule has 0 radical (unpaired) electrons. The molecule has 1 aliphatic heterocycles. The van der Waals surface area contributed by atoms with E-state index in [0.717, 1.165) is 38.3 Å². The molecule has 3 nitrogen and oxygen atoms in total. The maximum Gasteiger partial charge on any atom is 0.216 e. The van der Waals surface area contributed by atoms with Gasteiger partial charge in [0.15, 0.2) is 0 Å². The Kier molecular flexibility index (Phi) is 4.61. The molecular formula is C16H22FN3. The minimum Gasteiger partial charge on any atom is -0.369 e. The van der Waals surface area contributed by atoms with Crippen LogP contribution in [0, 0.1) is 12.4 Å². The van der Waals surface area contributed by atoms with Crippen LogP contribution in [0.3, 0.4) is 0 Å². The zero-order valence-electron chi connectivity index (χ0n) is 12.3. The van der Waals surface area contributed by atoms with Crippen molar-refractivity contribution in [3.05, 3.63) is 41.5 Å². The molecular weight excluding hydrogens is 253 g/mol. The van der Waals surface area contributed by atoms with E-state index in [0.29, 0.717) is 6.54 Å². The van der Waals surface area contributed by atoms with Crippen LogP contribution in [0.25, 0.3) is 4.85 Å². The molecule has 0 amide bonds. The van der Waals surface area contributed by atoms with E-state index in [-0.39, 0.29) is 11.4 Å². The molecule has 0 atom stereocenters. The third-order valence-electron chi connectivity index (χ3n) is 4.16. The van der Waals surface area contributed by atoms with Crippen LogP contribution < -0.4 is 4.90 Å². The van der Waals surface area contributed by atoms with E-state index < -0.39 is 0 Å². The van der Waals surface area contributed by atoms with Gasteiger partial charge in [-0.2, -0.15) is 0 Å². The second-order valence-electron chi connectivity index (χ2n) is 5.89. The highest BCUT2D eigenvalue weighted by molar-refractivity contribution is 5.46. The molecule has 1 aromatic rings. The molecule has 0 N–H and O–H groups in total. The number of hydrogen-bond donors (Lipinski definition) is 0. The molecule has 1 heterocycles. The van der Waals surface area contributed by atoms with Gasteiger partial charge < -0.3 is 9.74 Å². The Bertz CT molecular complexity index is 467. The molecule has 2 rings (SSSR count). The average Bonchev–Trinajstić information content (AvgIpc) is 2.46. The van der Waals surface area contributed by atoms with Crippen LogP contribution in [0.15, 0.2) is 24.3 Å². The van der Waals surface area contributed by atoms with Crippen molar-refractivity contribution in [3.63, 3.8) is 0 Å². The smallest absolute Gasteiger partial charge is 0.216 e. The SMILES string of the molecule is [C-]#[N+]CCC(C)(C)N1CCN(c2ccc(F)cc2)CC1. The first-order valence-corrected chi connectivity index (χ1v) is 7.12. The van der Waals surface area contributed by atoms with Gasteiger partial charge >= 0.3 is 0 Å². The van der Waals surface area contributed by atoms with Crippen LogP contribution in [-0.4, -0.2) is 43.2 Å². The molecule has 0 spiro atoms. The van der Waals surface area contributed by atoms with Crippen LogP contribution >= 0.6 is 0 Å². The number of halogens is 1. The zero-order valence-corrected chi connectivity index (χ0v) is 12.3. The lowest BCUT2D eigenvalue weighted by molar-refractivity contribution is 0.107. The Morgan fingerprint density at radius 3 is 2.30 bits per heavy atom. The predicted octanol–water partition coefficient (Wildman–Crippen LogP) is 3.04. The van der Waals surface area contributed by atoms with Crippen molar-refractivity contribution in [2.75, 3.05) is 37.6 Å². The van der Waals surface area contributed by atoms with E-state index in [2.05, 4.69) is 28.5 Å². The number of piperazine rings is 1. The Hall–Kier alpha value is -1.60. The van der Waals surface area contributed by atoms with Gasteiger partial charge in [0.2, 0.25) is 6.54 Å². The van der Waals surface area contributed by atoms with E-state index in [1.165, 1.54) is 12.1 Å². The number of nitrogens with zero attached hydrogens (tertiary/aromatic N) is 3. The van der Waals surface area contributed by atoms with Gasteiger partial charge in [-0.25, -0.2) is 11.0 Å². The maximum atomic E-state index is 12.9. The van der Waals surface area contributed by atoms with Gasteiger partial charge in [0.25, 0.3) is 0 Å². The largest absolute Gasteiger partial charge is 0.369 e. The van der Waals surface area contributed by atoms with Crippen LogP contribution in [0.5, 0.6) is 0 Å². The van der Waals surface area contributed by atoms with E-state index in [1.807, 2.05) is 12.1 Å². The fourth-order valence-electron chi connectivity index (χ4n) is 2.71. The summed E-state index contributed by atoms with van der Waals surface area (Å²) >= 11 is 0. The predicted molar refractivity (Wildman–Crippen MR) is 80.4 cm³/mol. The summed E-state index contributed by atoms with van der Waals surface area (Å²) < 4.78 is 12.9. The molecule has 1 aromatic carbocycles. The van der Waals surface area contributed by atoms with E-state index in [1.54, 1.807) is 0 Å². The van der Waals surface area contributed by atoms with Crippen LogP contribution in [-0.2, 0) is 0 Å². The summed E-state index contributed by atoms with van der Waals surface area (Å²) in [6.07, 6.45) is 0.910. The molecule has 20 heavy (non-hydrogen) atoms. The Balaban J connectivity index is 1.92. The molecule has 1 saturated heterocycles. The van der Waals surface area contributed by atoms with Crippen LogP contribution in [0.2, 0.25) is 0 Å². The average molecular weight is 275 g/mol. The second-order valence-corrected chi connectivity index (χ2v) is 5.89. The molecule has 0 aliphatic carbocycles. The summed E-state index contributed by atoms with van der Waals surface area (Å²) in [5.74, 6) is -0.187. The molecule has 4 heteroatoms. The molecule has 108 valence electrons. The standard InChI is InChI=1S/C16H22FN3/c1-16(2,8-9-18-3)20-12-10-19(11-13-20)15-6-4-14(17)5-7-15/h4-7H,8-13H2,1-2H3. The highest BCUT2D eigenvalue weighted by Gasteiger charge is 2.30. The molecule has 0 aromatic heterocycles. The number of benzene rings is 1. The summed E-state index contributed by atoms with van der Waals surface area (Å²) in [6.45, 7) is 15.8. The summed E-state index contributed by atoms with van der Waals surface area (Å²) in [7, 11) is 0. The first kappa shape index (κ1) is 14.8. The van der Waals surface area contributed by atoms with Gasteiger partial charge in [-0.05, 0) is 38.1 Å². The number of rotatable bonds is 4. The summed E-state index contributed by atoms with van der Waals surface area (Å²) in [5.41, 5.74) is 1.17. The van der Waals surface area contributed by atoms with Crippen molar-refractivity contribution < 1.29 is 4.39 Å². The highest BCUT2D eigenvalue weighted by Crippen LogP contribution is 2.23. The quantitative estimate of drug-likeness (QED) is 0.782. The second kappa shape index (κ2) is 6.23. The monoisotopic (exact) mass is 275 g/mol. The third-order valence-corrected chi connectivity index (χ3v) is 4.16. The third kappa shape index (κ3) is 3.49. The fourth-order valence-corrected chi connectivity index (χ4v) is 2.71. The van der Waals surface area contributed by atoms with Gasteiger partial charge in [-0.1, -0.05) is 0 Å². The molecule has 0 saturated carbocycles. The van der Waals surface area contributed by atoms with Crippen molar-refractivity contribution in [1.29, 1.82) is 0 Å². The Morgan fingerprint density at radius 2 is 1.75 bits per heavy atom. The van der Waals surface area contributed by atoms with Crippen molar-refractivity contribution in [2.45, 2.75) is 25.8 Å². The lowest BCUT2D eigenvalue weighted by Crippen LogP contribution is -2.54. The van der Waals surface area contributed by atoms with Crippen LogP contribution in [0.1, 0.15) is 20.3 Å². The van der Waals surface area contributed by atoms with Crippen molar-refractivity contribution in [2.24, 2.45) is 0 Å². The van der Waals surface area contributed by atoms with Gasteiger partial charge in [0.1, 0.15) is 5.82 Å².